The van der Waals surface area contributed by atoms with E-state index in [4.69, 9.17) is 0 Å². The molecular formula is C18H21N4O3S2-. The Morgan fingerprint density at radius 3 is 2.74 bits per heavy atom. The van der Waals surface area contributed by atoms with Crippen LogP contribution in [0.1, 0.15) is 41.0 Å². The van der Waals surface area contributed by atoms with Gasteiger partial charge in [-0.3, -0.25) is 18.9 Å². The number of aliphatic imine (C=N–C) groups is 1. The minimum Gasteiger partial charge on any atom is -0.768 e. The molecule has 0 saturated heterocycles. The fourth-order valence-corrected chi connectivity index (χ4v) is 4.32. The molecule has 1 aromatic heterocycles. The number of hydrogen-bond donors (Lipinski definition) is 0. The van der Waals surface area contributed by atoms with Gasteiger partial charge in [-0.2, -0.15) is 0 Å². The molecule has 2 aliphatic rings. The first-order valence-corrected chi connectivity index (χ1v) is 10.6. The molecule has 27 heavy (non-hydrogen) atoms. The van der Waals surface area contributed by atoms with Crippen LogP contribution >= 0.6 is 11.3 Å². The number of guanidine groups is 1. The summed E-state index contributed by atoms with van der Waals surface area (Å²) >= 11 is -0.850. The summed E-state index contributed by atoms with van der Waals surface area (Å²) in [5.41, 5.74) is 1.09. The Morgan fingerprint density at radius 1 is 1.37 bits per heavy atom. The summed E-state index contributed by atoms with van der Waals surface area (Å²) in [6.45, 7) is 8.91. The Morgan fingerprint density at radius 2 is 2.11 bits per heavy atom. The molecule has 0 spiro atoms. The molecule has 2 unspecified atom stereocenters. The van der Waals surface area contributed by atoms with E-state index in [9.17, 15) is 13.6 Å². The van der Waals surface area contributed by atoms with Gasteiger partial charge in [-0.25, -0.2) is 4.98 Å². The number of hydrogen-bond acceptors (Lipinski definition) is 7. The normalized spacial score (nSPS) is 19.1. The third kappa shape index (κ3) is 3.54. The zero-order valence-corrected chi connectivity index (χ0v) is 17.3. The standard InChI is InChI=1S/C16H16N4O3S2.C2H6/c1-9-6-18-16-19(8-11-7-17-10(2)24-11)15(21)13-5-12(25(22)23)3-4-14(13)20(9)16;1-2/h3-5,7,9H,6,8H2,1-2H3,(H,22,23);1-2H3/p-1. The molecule has 0 radical (unpaired) electrons. The first kappa shape index (κ1) is 19.7. The minimum absolute atomic E-state index is 0.105. The summed E-state index contributed by atoms with van der Waals surface area (Å²) < 4.78 is 22.6. The van der Waals surface area contributed by atoms with Crippen LogP contribution in [0.2, 0.25) is 0 Å². The van der Waals surface area contributed by atoms with Crippen molar-refractivity contribution in [2.24, 2.45) is 4.99 Å². The Balaban J connectivity index is 0.00000102. The summed E-state index contributed by atoms with van der Waals surface area (Å²) in [4.78, 5) is 26.5. The summed E-state index contributed by atoms with van der Waals surface area (Å²) in [5.74, 6) is 0.379. The van der Waals surface area contributed by atoms with Crippen LogP contribution in [0, 0.1) is 6.92 Å². The number of aromatic nitrogens is 1. The molecule has 0 saturated carbocycles. The molecule has 2 atom stereocenters. The average molecular weight is 406 g/mol. The Labute approximate surface area is 165 Å². The maximum Gasteiger partial charge on any atom is 0.263 e. The van der Waals surface area contributed by atoms with E-state index in [2.05, 4.69) is 9.98 Å². The van der Waals surface area contributed by atoms with Gasteiger partial charge in [-0.15, -0.1) is 11.3 Å². The van der Waals surface area contributed by atoms with Gasteiger partial charge in [-0.1, -0.05) is 13.8 Å². The molecule has 1 amide bonds. The van der Waals surface area contributed by atoms with Crippen molar-refractivity contribution in [2.75, 3.05) is 11.4 Å². The zero-order chi connectivity index (χ0) is 19.7. The number of fused-ring (bicyclic) bond motifs is 3. The van der Waals surface area contributed by atoms with E-state index in [-0.39, 0.29) is 16.8 Å². The molecular weight excluding hydrogens is 384 g/mol. The minimum atomic E-state index is -2.38. The molecule has 0 fully saturated rings. The van der Waals surface area contributed by atoms with Crippen LogP contribution in [0.4, 0.5) is 5.69 Å². The first-order chi connectivity index (χ1) is 13.0. The molecule has 2 aliphatic heterocycles. The first-order valence-electron chi connectivity index (χ1n) is 8.76. The van der Waals surface area contributed by atoms with Gasteiger partial charge in [0.2, 0.25) is 5.96 Å². The van der Waals surface area contributed by atoms with E-state index in [1.165, 1.54) is 23.5 Å². The molecule has 0 N–H and O–H groups in total. The smallest absolute Gasteiger partial charge is 0.263 e. The topological polar surface area (TPSA) is 88.9 Å². The van der Waals surface area contributed by atoms with Crippen molar-refractivity contribution in [1.82, 2.24) is 9.88 Å². The van der Waals surface area contributed by atoms with Crippen molar-refractivity contribution in [3.63, 3.8) is 0 Å². The van der Waals surface area contributed by atoms with E-state index < -0.39 is 11.1 Å². The fraction of sp³-hybridized carbons (Fsp3) is 0.389. The van der Waals surface area contributed by atoms with Crippen molar-refractivity contribution in [2.45, 2.75) is 45.2 Å². The third-order valence-corrected chi connectivity index (χ3v) is 5.81. The predicted molar refractivity (Wildman–Crippen MR) is 106 cm³/mol. The fourth-order valence-electron chi connectivity index (χ4n) is 3.14. The molecule has 144 valence electrons. The van der Waals surface area contributed by atoms with E-state index in [0.717, 1.165) is 9.88 Å². The number of carbonyl (C=O) groups excluding carboxylic acids is 1. The monoisotopic (exact) mass is 405 g/mol. The largest absolute Gasteiger partial charge is 0.768 e. The van der Waals surface area contributed by atoms with Crippen molar-refractivity contribution in [3.05, 3.63) is 39.8 Å². The number of rotatable bonds is 3. The Bertz CT molecular complexity index is 925. The summed E-state index contributed by atoms with van der Waals surface area (Å²) in [6.07, 6.45) is 1.76. The van der Waals surface area contributed by atoms with Gasteiger partial charge >= 0.3 is 0 Å². The Kier molecular flexibility index (Phi) is 5.73. The molecule has 4 rings (SSSR count). The van der Waals surface area contributed by atoms with E-state index in [1.54, 1.807) is 17.2 Å². The third-order valence-electron chi connectivity index (χ3n) is 4.27. The SMILES string of the molecule is CC.Cc1ncc(CN2C(=O)c3cc(S(=O)[O-])ccc3N3C2=NCC3C)s1. The van der Waals surface area contributed by atoms with Gasteiger partial charge in [0.05, 0.1) is 35.4 Å². The van der Waals surface area contributed by atoms with Crippen LogP contribution in [0.5, 0.6) is 0 Å². The average Bonchev–Trinajstić information content (AvgIpc) is 3.25. The molecule has 3 heterocycles. The quantitative estimate of drug-likeness (QED) is 0.733. The molecule has 0 bridgehead atoms. The highest BCUT2D eigenvalue weighted by Crippen LogP contribution is 2.35. The second-order valence-electron chi connectivity index (χ2n) is 6.01. The lowest BCUT2D eigenvalue weighted by atomic mass is 10.1. The maximum absolute atomic E-state index is 13.1. The summed E-state index contributed by atoms with van der Waals surface area (Å²) in [7, 11) is 0. The van der Waals surface area contributed by atoms with Crippen molar-refractivity contribution < 1.29 is 13.6 Å². The van der Waals surface area contributed by atoms with Gasteiger partial charge in [-0.05, 0) is 43.1 Å². The summed E-state index contributed by atoms with van der Waals surface area (Å²) in [6, 6.07) is 4.74. The molecule has 2 aromatic rings. The van der Waals surface area contributed by atoms with Gasteiger partial charge in [0, 0.05) is 16.0 Å². The van der Waals surface area contributed by atoms with Crippen LogP contribution in [-0.4, -0.2) is 43.1 Å². The van der Waals surface area contributed by atoms with Crippen LogP contribution in [0.25, 0.3) is 0 Å². The van der Waals surface area contributed by atoms with Gasteiger partial charge in [0.25, 0.3) is 5.91 Å². The van der Waals surface area contributed by atoms with Crippen LogP contribution in [-0.2, 0) is 17.6 Å². The lowest BCUT2D eigenvalue weighted by molar-refractivity contribution is 0.0834. The number of nitrogens with zero attached hydrogens (tertiary/aromatic N) is 4. The number of thiazole rings is 1. The van der Waals surface area contributed by atoms with Crippen molar-refractivity contribution >= 4 is 40.0 Å². The van der Waals surface area contributed by atoms with Crippen LogP contribution in [0.15, 0.2) is 34.3 Å². The second-order valence-corrected chi connectivity index (χ2v) is 8.27. The molecule has 7 nitrogen and oxygen atoms in total. The van der Waals surface area contributed by atoms with Crippen molar-refractivity contribution in [1.29, 1.82) is 0 Å². The van der Waals surface area contributed by atoms with Crippen LogP contribution < -0.4 is 4.90 Å². The number of carbonyl (C=O) groups is 1. The lowest BCUT2D eigenvalue weighted by Crippen LogP contribution is -2.51. The zero-order valence-electron chi connectivity index (χ0n) is 15.6. The van der Waals surface area contributed by atoms with Crippen molar-refractivity contribution in [3.8, 4) is 0 Å². The van der Waals surface area contributed by atoms with Gasteiger partial charge in [0.1, 0.15) is 0 Å². The van der Waals surface area contributed by atoms with E-state index >= 15 is 0 Å². The molecule has 0 aliphatic carbocycles. The van der Waals surface area contributed by atoms with Gasteiger partial charge < -0.3 is 9.45 Å². The second kappa shape index (κ2) is 7.87. The highest BCUT2D eigenvalue weighted by atomic mass is 32.2. The van der Waals surface area contributed by atoms with E-state index in [0.29, 0.717) is 30.3 Å². The van der Waals surface area contributed by atoms with E-state index in [1.807, 2.05) is 32.6 Å². The number of amides is 1. The maximum atomic E-state index is 13.1. The highest BCUT2D eigenvalue weighted by molar-refractivity contribution is 7.79. The molecule has 1 aromatic carbocycles. The summed E-state index contributed by atoms with van der Waals surface area (Å²) in [5, 5.41) is 0.933. The predicted octanol–water partition coefficient (Wildman–Crippen LogP) is 2.94. The molecule has 9 heteroatoms. The van der Waals surface area contributed by atoms with Crippen LogP contribution in [0.3, 0.4) is 0 Å². The number of anilines is 1. The number of benzene rings is 1. The highest BCUT2D eigenvalue weighted by Gasteiger charge is 2.40. The van der Waals surface area contributed by atoms with Gasteiger partial charge in [0.15, 0.2) is 0 Å². The lowest BCUT2D eigenvalue weighted by Gasteiger charge is -2.37. The number of aryl methyl sites for hydroxylation is 1. The Hall–Kier alpha value is -2.10.